The van der Waals surface area contributed by atoms with E-state index in [1.54, 1.807) is 9.42 Å². The van der Waals surface area contributed by atoms with Crippen LogP contribution < -0.4 is 5.73 Å². The smallest absolute Gasteiger partial charge is 0.253 e. The summed E-state index contributed by atoms with van der Waals surface area (Å²) in [4.78, 5) is 34.1. The summed E-state index contributed by atoms with van der Waals surface area (Å²) in [6.07, 6.45) is 1.56. The fraction of sp³-hybridized carbons (Fsp3) is 0.533. The number of fused-ring (bicyclic) bond motifs is 1. The predicted octanol–water partition coefficient (Wildman–Crippen LogP) is 0.557. The summed E-state index contributed by atoms with van der Waals surface area (Å²) < 4.78 is 1.67. The molecule has 1 aliphatic rings. The van der Waals surface area contributed by atoms with E-state index in [-0.39, 0.29) is 23.5 Å². The van der Waals surface area contributed by atoms with Gasteiger partial charge in [0.25, 0.3) is 5.78 Å². The molecule has 8 nitrogen and oxygen atoms in total. The maximum Gasteiger partial charge on any atom is 0.253 e. The molecule has 0 aliphatic carbocycles. The van der Waals surface area contributed by atoms with Crippen molar-refractivity contribution in [1.82, 2.24) is 24.5 Å². The molecule has 1 aliphatic heterocycles. The highest BCUT2D eigenvalue weighted by Crippen LogP contribution is 2.20. The second kappa shape index (κ2) is 6.76. The van der Waals surface area contributed by atoms with Gasteiger partial charge in [0.15, 0.2) is 0 Å². The van der Waals surface area contributed by atoms with E-state index in [9.17, 15) is 9.59 Å². The van der Waals surface area contributed by atoms with Gasteiger partial charge in [0, 0.05) is 24.5 Å². The summed E-state index contributed by atoms with van der Waals surface area (Å²) in [7, 11) is 0. The highest BCUT2D eigenvalue weighted by atomic mass is 32.2. The lowest BCUT2D eigenvalue weighted by Gasteiger charge is -2.31. The van der Waals surface area contributed by atoms with E-state index in [0.717, 1.165) is 24.2 Å². The van der Waals surface area contributed by atoms with Gasteiger partial charge in [-0.2, -0.15) is 4.98 Å². The van der Waals surface area contributed by atoms with Gasteiger partial charge in [-0.3, -0.25) is 9.59 Å². The minimum Gasteiger partial charge on any atom is -0.369 e. The Labute approximate surface area is 143 Å². The van der Waals surface area contributed by atoms with E-state index in [4.69, 9.17) is 5.73 Å². The zero-order valence-corrected chi connectivity index (χ0v) is 14.5. The molecule has 9 heteroatoms. The molecule has 128 valence electrons. The first-order valence-electron chi connectivity index (χ1n) is 7.85. The van der Waals surface area contributed by atoms with Crippen LogP contribution in [0.4, 0.5) is 0 Å². The molecule has 0 radical (unpaired) electrons. The van der Waals surface area contributed by atoms with Crippen molar-refractivity contribution in [3.8, 4) is 0 Å². The van der Waals surface area contributed by atoms with Crippen LogP contribution >= 0.6 is 11.8 Å². The molecule has 0 spiro atoms. The molecule has 2 amide bonds. The standard InChI is InChI=1S/C15H20N6O2S/c1-9-6-10(2)21-14(17-9)18-15(19-21)24-8-12(22)20-5-3-4-11(7-20)13(16)23/h6,11H,3-5,7-8H2,1-2H3,(H2,16,23)/t11-/m1/s1. The fourth-order valence-corrected chi connectivity index (χ4v) is 3.58. The molecule has 2 N–H and O–H groups in total. The van der Waals surface area contributed by atoms with Gasteiger partial charge in [0.1, 0.15) is 0 Å². The normalized spacial score (nSPS) is 18.1. The first-order valence-corrected chi connectivity index (χ1v) is 8.83. The Morgan fingerprint density at radius 3 is 2.92 bits per heavy atom. The molecule has 0 aromatic carbocycles. The third kappa shape index (κ3) is 3.50. The van der Waals surface area contributed by atoms with Crippen molar-refractivity contribution in [2.45, 2.75) is 31.8 Å². The molecule has 3 heterocycles. The Morgan fingerprint density at radius 1 is 1.38 bits per heavy atom. The molecule has 2 aromatic heterocycles. The van der Waals surface area contributed by atoms with Crippen LogP contribution in [0.15, 0.2) is 11.2 Å². The van der Waals surface area contributed by atoms with Gasteiger partial charge >= 0.3 is 0 Å². The number of nitrogens with zero attached hydrogens (tertiary/aromatic N) is 5. The van der Waals surface area contributed by atoms with E-state index in [2.05, 4.69) is 15.1 Å². The summed E-state index contributed by atoms with van der Waals surface area (Å²) in [5.74, 6) is 0.176. The first kappa shape index (κ1) is 16.7. The Bertz CT molecular complexity index is 790. The van der Waals surface area contributed by atoms with Crippen LogP contribution in [-0.2, 0) is 9.59 Å². The van der Waals surface area contributed by atoms with Crippen molar-refractivity contribution in [2.75, 3.05) is 18.8 Å². The van der Waals surface area contributed by atoms with Crippen LogP contribution in [-0.4, -0.2) is 55.1 Å². The molecule has 0 bridgehead atoms. The lowest BCUT2D eigenvalue weighted by atomic mass is 9.97. The largest absolute Gasteiger partial charge is 0.369 e. The fourth-order valence-electron chi connectivity index (χ4n) is 2.86. The number of nitrogens with two attached hydrogens (primary N) is 1. The van der Waals surface area contributed by atoms with Crippen molar-refractivity contribution in [1.29, 1.82) is 0 Å². The zero-order chi connectivity index (χ0) is 17.3. The second-order valence-electron chi connectivity index (χ2n) is 6.02. The number of primary amides is 1. The number of aryl methyl sites for hydroxylation is 2. The Kier molecular flexibility index (Phi) is 4.70. The van der Waals surface area contributed by atoms with Gasteiger partial charge < -0.3 is 10.6 Å². The van der Waals surface area contributed by atoms with Gasteiger partial charge in [-0.15, -0.1) is 5.10 Å². The molecular weight excluding hydrogens is 328 g/mol. The highest BCUT2D eigenvalue weighted by molar-refractivity contribution is 7.99. The first-order chi connectivity index (χ1) is 11.4. The lowest BCUT2D eigenvalue weighted by Crippen LogP contribution is -2.44. The van der Waals surface area contributed by atoms with Crippen LogP contribution in [0.1, 0.15) is 24.2 Å². The average molecular weight is 348 g/mol. The van der Waals surface area contributed by atoms with Crippen molar-refractivity contribution < 1.29 is 9.59 Å². The number of hydrogen-bond donors (Lipinski definition) is 1. The lowest BCUT2D eigenvalue weighted by molar-refractivity contribution is -0.132. The highest BCUT2D eigenvalue weighted by Gasteiger charge is 2.27. The minimum atomic E-state index is -0.334. The number of piperidine rings is 1. The summed E-state index contributed by atoms with van der Waals surface area (Å²) >= 11 is 1.28. The number of rotatable bonds is 4. The maximum atomic E-state index is 12.4. The number of aromatic nitrogens is 4. The van der Waals surface area contributed by atoms with Crippen LogP contribution in [0.5, 0.6) is 0 Å². The van der Waals surface area contributed by atoms with E-state index < -0.39 is 0 Å². The maximum absolute atomic E-state index is 12.4. The topological polar surface area (TPSA) is 106 Å². The van der Waals surface area contributed by atoms with Crippen molar-refractivity contribution >= 4 is 29.4 Å². The van der Waals surface area contributed by atoms with E-state index in [1.807, 2.05) is 19.9 Å². The number of carbonyl (C=O) groups is 2. The summed E-state index contributed by atoms with van der Waals surface area (Å²) in [5.41, 5.74) is 7.18. The molecule has 3 rings (SSSR count). The van der Waals surface area contributed by atoms with Crippen molar-refractivity contribution in [3.63, 3.8) is 0 Å². The molecular formula is C15H20N6O2S. The van der Waals surface area contributed by atoms with Gasteiger partial charge in [0.2, 0.25) is 17.0 Å². The van der Waals surface area contributed by atoms with Crippen LogP contribution in [0.25, 0.3) is 5.78 Å². The minimum absolute atomic E-state index is 0.0225. The van der Waals surface area contributed by atoms with E-state index >= 15 is 0 Å². The number of thioether (sulfide) groups is 1. The molecule has 2 aromatic rings. The third-order valence-electron chi connectivity index (χ3n) is 4.10. The van der Waals surface area contributed by atoms with Crippen LogP contribution in [0.2, 0.25) is 0 Å². The van der Waals surface area contributed by atoms with Crippen LogP contribution in [0.3, 0.4) is 0 Å². The molecule has 24 heavy (non-hydrogen) atoms. The Balaban J connectivity index is 1.64. The summed E-state index contributed by atoms with van der Waals surface area (Å²) in [6.45, 7) is 4.92. The van der Waals surface area contributed by atoms with Crippen molar-refractivity contribution in [2.24, 2.45) is 11.7 Å². The van der Waals surface area contributed by atoms with Crippen molar-refractivity contribution in [3.05, 3.63) is 17.5 Å². The average Bonchev–Trinajstić information content (AvgIpc) is 2.96. The van der Waals surface area contributed by atoms with E-state index in [1.165, 1.54) is 11.8 Å². The predicted molar refractivity (Wildman–Crippen MR) is 89.5 cm³/mol. The Hall–Kier alpha value is -2.16. The number of amides is 2. The van der Waals surface area contributed by atoms with E-state index in [0.29, 0.717) is 24.0 Å². The molecule has 1 saturated heterocycles. The van der Waals surface area contributed by atoms with Gasteiger partial charge in [-0.05, 0) is 32.8 Å². The SMILES string of the molecule is Cc1cc(C)n2nc(SCC(=O)N3CCC[C@@H](C(N)=O)C3)nc2n1. The zero-order valence-electron chi connectivity index (χ0n) is 13.7. The van der Waals surface area contributed by atoms with Crippen LogP contribution in [0, 0.1) is 19.8 Å². The van der Waals surface area contributed by atoms with Gasteiger partial charge in [-0.25, -0.2) is 9.50 Å². The number of likely N-dealkylation sites (tertiary alicyclic amines) is 1. The quantitative estimate of drug-likeness (QED) is 0.809. The molecule has 0 saturated carbocycles. The number of hydrogen-bond acceptors (Lipinski definition) is 6. The molecule has 1 atom stereocenters. The molecule has 0 unspecified atom stereocenters. The third-order valence-corrected chi connectivity index (χ3v) is 4.92. The number of carbonyl (C=O) groups excluding carboxylic acids is 2. The summed E-state index contributed by atoms with van der Waals surface area (Å²) in [6, 6.07) is 1.93. The molecule has 1 fully saturated rings. The van der Waals surface area contributed by atoms with Gasteiger partial charge in [-0.1, -0.05) is 11.8 Å². The second-order valence-corrected chi connectivity index (χ2v) is 6.96. The Morgan fingerprint density at radius 2 is 2.17 bits per heavy atom. The monoisotopic (exact) mass is 348 g/mol. The van der Waals surface area contributed by atoms with Gasteiger partial charge in [0.05, 0.1) is 11.7 Å². The summed E-state index contributed by atoms with van der Waals surface area (Å²) in [5, 5.41) is 4.90.